The van der Waals surface area contributed by atoms with Crippen LogP contribution in [-0.4, -0.2) is 62.0 Å². The van der Waals surface area contributed by atoms with Crippen molar-refractivity contribution >= 4 is 21.7 Å². The van der Waals surface area contributed by atoms with Gasteiger partial charge in [0.15, 0.2) is 23.1 Å². The van der Waals surface area contributed by atoms with Gasteiger partial charge in [-0.2, -0.15) is 5.26 Å². The molecule has 1 fully saturated rings. The maximum Gasteiger partial charge on any atom is 0.344 e. The number of ether oxygens (including phenoxy) is 2. The molecule has 0 bridgehead atoms. The minimum atomic E-state index is -3.14. The van der Waals surface area contributed by atoms with E-state index in [9.17, 15) is 18.0 Å². The smallest absolute Gasteiger partial charge is 0.344 e. The Labute approximate surface area is 164 Å². The number of para-hydroxylation sites is 1. The second kappa shape index (κ2) is 9.55. The molecular weight excluding hydrogens is 384 g/mol. The zero-order valence-electron chi connectivity index (χ0n) is 16.0. The lowest BCUT2D eigenvalue weighted by atomic mass is 10.1. The van der Waals surface area contributed by atoms with E-state index in [2.05, 4.69) is 0 Å². The van der Waals surface area contributed by atoms with Crippen molar-refractivity contribution in [2.75, 3.05) is 24.7 Å². The molecule has 1 aliphatic heterocycles. The number of hydrogen-bond acceptors (Lipinski definition) is 7. The van der Waals surface area contributed by atoms with Gasteiger partial charge < -0.3 is 14.4 Å². The number of nitriles is 1. The molecule has 152 valence electrons. The molecule has 0 aromatic heterocycles. The molecule has 0 N–H and O–H groups in total. The summed E-state index contributed by atoms with van der Waals surface area (Å²) in [6.45, 7) is 2.82. The predicted molar refractivity (Wildman–Crippen MR) is 101 cm³/mol. The quantitative estimate of drug-likeness (QED) is 0.596. The summed E-state index contributed by atoms with van der Waals surface area (Å²) in [6.07, 6.45) is 1.05. The minimum Gasteiger partial charge on any atom is -0.481 e. The molecule has 9 heteroatoms. The third-order valence-electron chi connectivity index (χ3n) is 4.67. The number of rotatable bonds is 8. The minimum absolute atomic E-state index is 0.0593. The number of sulfone groups is 1. The fourth-order valence-corrected chi connectivity index (χ4v) is 4.79. The summed E-state index contributed by atoms with van der Waals surface area (Å²) in [5, 5.41) is 9.00. The second-order valence-electron chi connectivity index (χ2n) is 6.67. The molecule has 1 aliphatic rings. The molecule has 1 aromatic rings. The van der Waals surface area contributed by atoms with Crippen molar-refractivity contribution in [3.63, 3.8) is 0 Å². The molecule has 0 aliphatic carbocycles. The van der Waals surface area contributed by atoms with Crippen LogP contribution >= 0.6 is 0 Å². The molecule has 1 heterocycles. The van der Waals surface area contributed by atoms with Crippen molar-refractivity contribution in [2.24, 2.45) is 0 Å². The van der Waals surface area contributed by atoms with Crippen LogP contribution in [0.5, 0.6) is 5.75 Å². The molecule has 0 saturated carbocycles. The lowest BCUT2D eigenvalue weighted by molar-refractivity contribution is -0.155. The van der Waals surface area contributed by atoms with Gasteiger partial charge in [0.2, 0.25) is 0 Å². The topological polar surface area (TPSA) is 114 Å². The first-order valence-electron chi connectivity index (χ1n) is 9.06. The molecule has 2 rings (SSSR count). The normalized spacial score (nSPS) is 18.7. The Hall–Kier alpha value is -2.60. The van der Waals surface area contributed by atoms with Crippen LogP contribution in [0.3, 0.4) is 0 Å². The number of carbonyl (C=O) groups is 2. The maximum atomic E-state index is 12.6. The third kappa shape index (κ3) is 5.70. The van der Waals surface area contributed by atoms with Crippen LogP contribution in [0.2, 0.25) is 0 Å². The molecular formula is C19H24N2O6S. The zero-order valence-corrected chi connectivity index (χ0v) is 16.8. The van der Waals surface area contributed by atoms with Gasteiger partial charge in [0.25, 0.3) is 5.91 Å². The molecule has 1 saturated heterocycles. The molecule has 2 atom stereocenters. The second-order valence-corrected chi connectivity index (χ2v) is 8.90. The fourth-order valence-electron chi connectivity index (χ4n) is 3.08. The molecule has 0 unspecified atom stereocenters. The van der Waals surface area contributed by atoms with Crippen LogP contribution in [0.1, 0.15) is 32.3 Å². The van der Waals surface area contributed by atoms with Gasteiger partial charge in [0, 0.05) is 12.1 Å². The van der Waals surface area contributed by atoms with Crippen LogP contribution in [0.4, 0.5) is 0 Å². The van der Waals surface area contributed by atoms with Crippen molar-refractivity contribution in [3.05, 3.63) is 29.8 Å². The first kappa shape index (κ1) is 21.7. The Bertz CT molecular complexity index is 861. The lowest BCUT2D eigenvalue weighted by Gasteiger charge is -2.33. The Morgan fingerprint density at radius 3 is 2.64 bits per heavy atom. The molecule has 8 nitrogen and oxygen atoms in total. The Balaban J connectivity index is 1.91. The average molecular weight is 408 g/mol. The highest BCUT2D eigenvalue weighted by atomic mass is 32.2. The van der Waals surface area contributed by atoms with Gasteiger partial charge in [0.1, 0.15) is 11.8 Å². The number of benzene rings is 1. The van der Waals surface area contributed by atoms with Crippen molar-refractivity contribution in [3.8, 4) is 11.8 Å². The largest absolute Gasteiger partial charge is 0.481 e. The Morgan fingerprint density at radius 1 is 1.32 bits per heavy atom. The van der Waals surface area contributed by atoms with E-state index in [1.807, 2.05) is 19.9 Å². The van der Waals surface area contributed by atoms with E-state index in [0.29, 0.717) is 12.8 Å². The van der Waals surface area contributed by atoms with Gasteiger partial charge >= 0.3 is 5.97 Å². The van der Waals surface area contributed by atoms with E-state index in [4.69, 9.17) is 14.7 Å². The van der Waals surface area contributed by atoms with Gasteiger partial charge in [-0.1, -0.05) is 19.1 Å². The van der Waals surface area contributed by atoms with E-state index in [1.165, 1.54) is 4.90 Å². The number of hydrogen-bond donors (Lipinski definition) is 0. The number of esters is 1. The average Bonchev–Trinajstić information content (AvgIpc) is 3.03. The van der Waals surface area contributed by atoms with Crippen molar-refractivity contribution < 1.29 is 27.5 Å². The van der Waals surface area contributed by atoms with Crippen LogP contribution < -0.4 is 4.74 Å². The van der Waals surface area contributed by atoms with E-state index in [0.717, 1.165) is 0 Å². The molecule has 0 radical (unpaired) electrons. The van der Waals surface area contributed by atoms with Crippen molar-refractivity contribution in [1.29, 1.82) is 5.26 Å². The van der Waals surface area contributed by atoms with Gasteiger partial charge in [-0.3, -0.25) is 4.79 Å². The Morgan fingerprint density at radius 2 is 2.04 bits per heavy atom. The summed E-state index contributed by atoms with van der Waals surface area (Å²) in [6, 6.07) is 7.86. The molecule has 1 amide bonds. The van der Waals surface area contributed by atoms with Crippen LogP contribution in [0.15, 0.2) is 24.3 Å². The van der Waals surface area contributed by atoms with Gasteiger partial charge in [-0.05, 0) is 31.9 Å². The summed E-state index contributed by atoms with van der Waals surface area (Å²) in [5.74, 6) is -0.924. The van der Waals surface area contributed by atoms with Gasteiger partial charge in [-0.25, -0.2) is 13.2 Å². The highest BCUT2D eigenvalue weighted by Crippen LogP contribution is 2.21. The Kier molecular flexibility index (Phi) is 7.40. The predicted octanol–water partition coefficient (Wildman–Crippen LogP) is 1.29. The zero-order chi connectivity index (χ0) is 20.7. The number of carbonyl (C=O) groups excluding carboxylic acids is 2. The summed E-state index contributed by atoms with van der Waals surface area (Å²) in [5.41, 5.74) is 0.289. The summed E-state index contributed by atoms with van der Waals surface area (Å²) >= 11 is 0. The van der Waals surface area contributed by atoms with Gasteiger partial charge in [0.05, 0.1) is 17.1 Å². The molecule has 0 spiro atoms. The van der Waals surface area contributed by atoms with E-state index in [1.54, 1.807) is 24.3 Å². The standard InChI is InChI=1S/C19H24N2O6S/c1-3-14(2)21(16-8-9-28(24,25)13-16)18(22)11-27-19(23)12-26-17-7-5-4-6-15(17)10-20/h4-7,14,16H,3,8-9,11-13H2,1-2H3/t14-,16+/m1/s1. The first-order valence-corrected chi connectivity index (χ1v) is 10.9. The third-order valence-corrected chi connectivity index (χ3v) is 6.42. The van der Waals surface area contributed by atoms with Gasteiger partial charge in [-0.15, -0.1) is 0 Å². The summed E-state index contributed by atoms with van der Waals surface area (Å²) in [4.78, 5) is 26.0. The van der Waals surface area contributed by atoms with Crippen molar-refractivity contribution in [2.45, 2.75) is 38.8 Å². The summed E-state index contributed by atoms with van der Waals surface area (Å²) < 4.78 is 33.8. The lowest BCUT2D eigenvalue weighted by Crippen LogP contribution is -2.48. The SMILES string of the molecule is CC[C@@H](C)N(C(=O)COC(=O)COc1ccccc1C#N)[C@H]1CCS(=O)(=O)C1. The van der Waals surface area contributed by atoms with Crippen LogP contribution in [0, 0.1) is 11.3 Å². The van der Waals surface area contributed by atoms with E-state index in [-0.39, 0.29) is 28.9 Å². The fraction of sp³-hybridized carbons (Fsp3) is 0.526. The van der Waals surface area contributed by atoms with Crippen LogP contribution in [-0.2, 0) is 24.2 Å². The number of nitrogens with zero attached hydrogens (tertiary/aromatic N) is 2. The molecule has 1 aromatic carbocycles. The highest BCUT2D eigenvalue weighted by Gasteiger charge is 2.36. The highest BCUT2D eigenvalue weighted by molar-refractivity contribution is 7.91. The van der Waals surface area contributed by atoms with E-state index < -0.39 is 41.0 Å². The molecule has 28 heavy (non-hydrogen) atoms. The van der Waals surface area contributed by atoms with E-state index >= 15 is 0 Å². The maximum absolute atomic E-state index is 12.6. The monoisotopic (exact) mass is 408 g/mol. The number of amides is 1. The van der Waals surface area contributed by atoms with Crippen LogP contribution in [0.25, 0.3) is 0 Å². The first-order chi connectivity index (χ1) is 13.3. The summed E-state index contributed by atoms with van der Waals surface area (Å²) in [7, 11) is -3.14. The van der Waals surface area contributed by atoms with Crippen molar-refractivity contribution in [1.82, 2.24) is 4.90 Å².